The van der Waals surface area contributed by atoms with Crippen molar-refractivity contribution < 1.29 is 40.1 Å². The fraction of sp³-hybridized carbons (Fsp3) is 0.296. The highest BCUT2D eigenvalue weighted by atomic mass is 35.5. The Morgan fingerprint density at radius 1 is 0.978 bits per heavy atom. The zero-order chi connectivity index (χ0) is 31.5. The van der Waals surface area contributed by atoms with Gasteiger partial charge in [-0.25, -0.2) is 13.9 Å². The van der Waals surface area contributed by atoms with E-state index in [1.54, 1.807) is 38.1 Å². The first-order valence-corrected chi connectivity index (χ1v) is 15.8. The minimum atomic E-state index is -4.70. The van der Waals surface area contributed by atoms with E-state index in [2.05, 4.69) is 10.5 Å². The number of ether oxygens (including phenoxy) is 2. The first-order valence-electron chi connectivity index (χ1n) is 13.0. The number of hydroxylamine groups is 1. The number of guanidine groups is 1. The van der Waals surface area contributed by atoms with Crippen molar-refractivity contribution in [2.24, 2.45) is 5.73 Å². The Hall–Kier alpha value is -3.67. The van der Waals surface area contributed by atoms with Gasteiger partial charge in [0.25, 0.3) is 0 Å². The monoisotopic (exact) mass is 707 g/mol. The van der Waals surface area contributed by atoms with Crippen molar-refractivity contribution in [1.29, 1.82) is 5.41 Å². The topological polar surface area (TPSA) is 200 Å². The van der Waals surface area contributed by atoms with Crippen LogP contribution >= 0.6 is 24.8 Å². The van der Waals surface area contributed by atoms with Crippen molar-refractivity contribution in [3.05, 3.63) is 78.1 Å². The van der Waals surface area contributed by atoms with Gasteiger partial charge >= 0.3 is 16.1 Å². The lowest BCUT2D eigenvalue weighted by molar-refractivity contribution is -0.143. The summed E-state index contributed by atoms with van der Waals surface area (Å²) in [5, 5.41) is 7.04. The Morgan fingerprint density at radius 3 is 2.29 bits per heavy atom. The molecule has 1 heterocycles. The highest BCUT2D eigenvalue weighted by Gasteiger charge is 2.34. The molecule has 14 nitrogen and oxygen atoms in total. The summed E-state index contributed by atoms with van der Waals surface area (Å²) in [6.07, 6.45) is 1.89. The van der Waals surface area contributed by atoms with E-state index in [4.69, 9.17) is 29.6 Å². The molecule has 248 valence electrons. The standard InChI is InChI=1S/C27H33N5O9S2.2ClH/c1-3-38-26(33)19-32(18-21-9-6-7-12-30-21)42(34,35)24-10-4-5-11-25(24)43(36,37)41-23-16-20(2)15-22(17-23)39-13-8-14-40-31-27(28)29;;/h4-7,9-12,15-17H,3,8,13-14,18-19H2,1-2H3,(H4,28,29,31);2*1H. The van der Waals surface area contributed by atoms with Crippen LogP contribution < -0.4 is 20.1 Å². The van der Waals surface area contributed by atoms with Crippen LogP contribution in [0.4, 0.5) is 0 Å². The minimum absolute atomic E-state index is 0. The van der Waals surface area contributed by atoms with E-state index in [9.17, 15) is 21.6 Å². The second-order valence-electron chi connectivity index (χ2n) is 8.93. The van der Waals surface area contributed by atoms with E-state index >= 15 is 0 Å². The zero-order valence-electron chi connectivity index (χ0n) is 24.4. The number of carbonyl (C=O) groups excluding carboxylic acids is 1. The van der Waals surface area contributed by atoms with Gasteiger partial charge in [-0.2, -0.15) is 12.7 Å². The van der Waals surface area contributed by atoms with Crippen LogP contribution in [0.15, 0.2) is 76.7 Å². The van der Waals surface area contributed by atoms with Gasteiger partial charge in [-0.1, -0.05) is 18.2 Å². The molecule has 0 atom stereocenters. The van der Waals surface area contributed by atoms with Gasteiger partial charge < -0.3 is 19.4 Å². The van der Waals surface area contributed by atoms with Crippen molar-refractivity contribution in [3.63, 3.8) is 0 Å². The summed E-state index contributed by atoms with van der Waals surface area (Å²) < 4.78 is 71.5. The van der Waals surface area contributed by atoms with Gasteiger partial charge in [-0.3, -0.25) is 20.0 Å². The molecule has 0 spiro atoms. The summed E-state index contributed by atoms with van der Waals surface area (Å²) in [7, 11) is -9.29. The number of nitrogens with one attached hydrogen (secondary N) is 2. The van der Waals surface area contributed by atoms with Gasteiger partial charge in [-0.05, 0) is 55.8 Å². The Morgan fingerprint density at radius 2 is 1.64 bits per heavy atom. The molecule has 2 aromatic carbocycles. The number of carbonyl (C=O) groups is 1. The summed E-state index contributed by atoms with van der Waals surface area (Å²) in [4.78, 5) is 20.2. The molecular weight excluding hydrogens is 673 g/mol. The fourth-order valence-electron chi connectivity index (χ4n) is 3.72. The molecule has 4 N–H and O–H groups in total. The number of hydrogen-bond donors (Lipinski definition) is 3. The molecule has 0 saturated carbocycles. The SMILES string of the molecule is CCOC(=O)CN(Cc1ccccn1)S(=O)(=O)c1ccccc1S(=O)(=O)Oc1cc(C)cc(OCCCONC(=N)N)c1.Cl.Cl. The number of nitrogens with two attached hydrogens (primary N) is 1. The number of rotatable bonds is 16. The third-order valence-corrected chi connectivity index (χ3v) is 8.77. The molecule has 1 aromatic heterocycles. The van der Waals surface area contributed by atoms with E-state index in [-0.39, 0.29) is 62.9 Å². The first-order chi connectivity index (χ1) is 20.4. The number of nitrogens with zero attached hydrogens (tertiary/aromatic N) is 2. The van der Waals surface area contributed by atoms with Crippen molar-refractivity contribution in [2.45, 2.75) is 36.6 Å². The van der Waals surface area contributed by atoms with Crippen molar-refractivity contribution >= 4 is 56.9 Å². The van der Waals surface area contributed by atoms with E-state index in [0.29, 0.717) is 23.4 Å². The predicted molar refractivity (Wildman–Crippen MR) is 170 cm³/mol. The van der Waals surface area contributed by atoms with Crippen LogP contribution in [-0.4, -0.2) is 64.4 Å². The van der Waals surface area contributed by atoms with Gasteiger partial charge in [0.05, 0.1) is 32.1 Å². The Labute approximate surface area is 274 Å². The highest BCUT2D eigenvalue weighted by molar-refractivity contribution is 7.91. The molecule has 0 radical (unpaired) electrons. The average molecular weight is 709 g/mol. The van der Waals surface area contributed by atoms with Gasteiger partial charge in [0.1, 0.15) is 27.8 Å². The number of benzene rings is 2. The number of aromatic nitrogens is 1. The van der Waals surface area contributed by atoms with E-state index in [0.717, 1.165) is 16.4 Å². The van der Waals surface area contributed by atoms with E-state index in [1.165, 1.54) is 30.5 Å². The van der Waals surface area contributed by atoms with Crippen LogP contribution in [0.25, 0.3) is 0 Å². The molecule has 18 heteroatoms. The molecule has 3 rings (SSSR count). The van der Waals surface area contributed by atoms with Gasteiger partial charge in [0.15, 0.2) is 0 Å². The molecule has 0 amide bonds. The molecule has 0 aliphatic heterocycles. The Bertz CT molecular complexity index is 1630. The van der Waals surface area contributed by atoms with Crippen LogP contribution in [0.2, 0.25) is 0 Å². The number of esters is 1. The van der Waals surface area contributed by atoms with Crippen LogP contribution in [0.5, 0.6) is 11.5 Å². The van der Waals surface area contributed by atoms with Crippen molar-refractivity contribution in [3.8, 4) is 11.5 Å². The number of hydrogen-bond acceptors (Lipinski definition) is 11. The van der Waals surface area contributed by atoms with E-state index < -0.39 is 42.4 Å². The maximum absolute atomic E-state index is 13.9. The Kier molecular flexibility index (Phi) is 16.0. The second kappa shape index (κ2) is 18.3. The smallest absolute Gasteiger partial charge is 0.340 e. The molecule has 0 unspecified atom stereocenters. The third kappa shape index (κ3) is 12.0. The summed E-state index contributed by atoms with van der Waals surface area (Å²) in [6.45, 7) is 2.73. The Balaban J connectivity index is 0.00000506. The lowest BCUT2D eigenvalue weighted by Crippen LogP contribution is -2.37. The molecule has 0 fully saturated rings. The maximum atomic E-state index is 13.9. The molecule has 0 saturated heterocycles. The molecule has 45 heavy (non-hydrogen) atoms. The molecule has 0 aliphatic carbocycles. The molecule has 0 aliphatic rings. The van der Waals surface area contributed by atoms with Gasteiger partial charge in [0, 0.05) is 18.7 Å². The normalized spacial score (nSPS) is 11.1. The number of pyridine rings is 1. The summed E-state index contributed by atoms with van der Waals surface area (Å²) in [5.74, 6) is -0.945. The van der Waals surface area contributed by atoms with Crippen LogP contribution in [0, 0.1) is 12.3 Å². The fourth-order valence-corrected chi connectivity index (χ4v) is 6.77. The van der Waals surface area contributed by atoms with Gasteiger partial charge in [-0.15, -0.1) is 24.8 Å². The second-order valence-corrected chi connectivity index (χ2v) is 12.4. The molecule has 3 aromatic rings. The van der Waals surface area contributed by atoms with E-state index in [1.807, 2.05) is 0 Å². The van der Waals surface area contributed by atoms with Gasteiger partial charge in [0.2, 0.25) is 16.0 Å². The number of halogens is 2. The largest absolute Gasteiger partial charge is 0.493 e. The molecule has 0 bridgehead atoms. The minimum Gasteiger partial charge on any atom is -0.493 e. The zero-order valence-corrected chi connectivity index (χ0v) is 27.6. The molecular formula is C27H35Cl2N5O9S2. The predicted octanol–water partition coefficient (Wildman–Crippen LogP) is 2.94. The first kappa shape index (κ1) is 39.4. The maximum Gasteiger partial charge on any atom is 0.340 e. The summed E-state index contributed by atoms with van der Waals surface area (Å²) >= 11 is 0. The quantitative estimate of drug-likeness (QED) is 0.0492. The number of sulfonamides is 1. The lowest BCUT2D eigenvalue weighted by Gasteiger charge is -2.22. The van der Waals surface area contributed by atoms with Crippen LogP contribution in [-0.2, 0) is 41.1 Å². The third-order valence-electron chi connectivity index (χ3n) is 5.48. The van der Waals surface area contributed by atoms with Crippen LogP contribution in [0.1, 0.15) is 24.6 Å². The van der Waals surface area contributed by atoms with Crippen molar-refractivity contribution in [1.82, 2.24) is 14.8 Å². The van der Waals surface area contributed by atoms with Crippen LogP contribution in [0.3, 0.4) is 0 Å². The van der Waals surface area contributed by atoms with Crippen molar-refractivity contribution in [2.75, 3.05) is 26.4 Å². The summed E-state index contributed by atoms with van der Waals surface area (Å²) in [6, 6.07) is 14.3. The number of aryl methyl sites for hydroxylation is 1. The highest BCUT2D eigenvalue weighted by Crippen LogP contribution is 2.30. The summed E-state index contributed by atoms with van der Waals surface area (Å²) in [5.41, 5.74) is 8.28. The average Bonchev–Trinajstić information content (AvgIpc) is 2.94. The lowest BCUT2D eigenvalue weighted by atomic mass is 10.2.